The summed E-state index contributed by atoms with van der Waals surface area (Å²) >= 11 is 0. The van der Waals surface area contributed by atoms with Gasteiger partial charge < -0.3 is 16.2 Å². The molecular formula is C19H34N2O. The fourth-order valence-corrected chi connectivity index (χ4v) is 2.88. The molecule has 0 fully saturated rings. The van der Waals surface area contributed by atoms with Crippen molar-refractivity contribution in [2.45, 2.75) is 52.9 Å². The van der Waals surface area contributed by atoms with Crippen molar-refractivity contribution < 1.29 is 4.74 Å². The molecule has 3 nitrogen and oxygen atoms in total. The number of hydrogen-bond donors (Lipinski definition) is 2. The van der Waals surface area contributed by atoms with E-state index in [0.717, 1.165) is 18.8 Å². The van der Waals surface area contributed by atoms with Crippen LogP contribution in [0.4, 0.5) is 0 Å². The maximum absolute atomic E-state index is 5.89. The van der Waals surface area contributed by atoms with Gasteiger partial charge in [-0.15, -0.1) is 0 Å². The average molecular weight is 306 g/mol. The number of hydrogen-bond acceptors (Lipinski definition) is 3. The second-order valence-corrected chi connectivity index (χ2v) is 6.68. The minimum atomic E-state index is 0.369. The number of nitrogens with two attached hydrogens (primary N) is 2. The molecule has 2 unspecified atom stereocenters. The van der Waals surface area contributed by atoms with Gasteiger partial charge in [-0.3, -0.25) is 0 Å². The molecule has 1 rings (SSSR count). The average Bonchev–Trinajstić information content (AvgIpc) is 2.52. The first kappa shape index (κ1) is 19.0. The largest absolute Gasteiger partial charge is 0.493 e. The van der Waals surface area contributed by atoms with Crippen molar-refractivity contribution >= 4 is 0 Å². The van der Waals surface area contributed by atoms with Gasteiger partial charge >= 0.3 is 0 Å². The van der Waals surface area contributed by atoms with Crippen molar-refractivity contribution in [2.24, 2.45) is 23.3 Å². The van der Waals surface area contributed by atoms with Crippen LogP contribution in [0.5, 0.6) is 5.75 Å². The zero-order chi connectivity index (χ0) is 16.7. The van der Waals surface area contributed by atoms with Gasteiger partial charge in [-0.1, -0.05) is 46.8 Å². The monoisotopic (exact) mass is 306 g/mol. The molecule has 2 atom stereocenters. The molecule has 4 N–H and O–H groups in total. The first-order valence-corrected chi connectivity index (χ1v) is 8.62. The summed E-state index contributed by atoms with van der Waals surface area (Å²) in [6.45, 7) is 13.2. The third-order valence-electron chi connectivity index (χ3n) is 4.78. The van der Waals surface area contributed by atoms with E-state index in [0.29, 0.717) is 36.8 Å². The standard InChI is InChI=1S/C19H34N2O/c1-6-9-22-19-8-7-16(10-18(19)13(2)3)14(4)15(5)17(11-20)12-21/h7-8,10,13-15,17H,6,9,11-12,20-21H2,1-5H3. The third kappa shape index (κ3) is 4.72. The summed E-state index contributed by atoms with van der Waals surface area (Å²) < 4.78 is 5.89. The Morgan fingerprint density at radius 1 is 1.05 bits per heavy atom. The quantitative estimate of drug-likeness (QED) is 0.728. The van der Waals surface area contributed by atoms with Crippen LogP contribution in [0.3, 0.4) is 0 Å². The molecule has 0 spiro atoms. The van der Waals surface area contributed by atoms with E-state index in [4.69, 9.17) is 16.2 Å². The normalized spacial score (nSPS) is 14.4. The Morgan fingerprint density at radius 2 is 1.68 bits per heavy atom. The van der Waals surface area contributed by atoms with E-state index >= 15 is 0 Å². The summed E-state index contributed by atoms with van der Waals surface area (Å²) in [7, 11) is 0. The highest BCUT2D eigenvalue weighted by Crippen LogP contribution is 2.34. The highest BCUT2D eigenvalue weighted by Gasteiger charge is 2.23. The summed E-state index contributed by atoms with van der Waals surface area (Å²) in [6, 6.07) is 6.63. The summed E-state index contributed by atoms with van der Waals surface area (Å²) in [5.41, 5.74) is 14.4. The molecule has 0 aliphatic rings. The van der Waals surface area contributed by atoms with Crippen LogP contribution in [-0.4, -0.2) is 19.7 Å². The molecule has 0 aromatic heterocycles. The van der Waals surface area contributed by atoms with E-state index in [1.165, 1.54) is 11.1 Å². The second kappa shape index (κ2) is 9.16. The van der Waals surface area contributed by atoms with Gasteiger partial charge in [0.2, 0.25) is 0 Å². The number of rotatable bonds is 9. The SMILES string of the molecule is CCCOc1ccc(C(C)C(C)C(CN)CN)cc1C(C)C. The minimum absolute atomic E-state index is 0.369. The zero-order valence-corrected chi connectivity index (χ0v) is 14.9. The maximum Gasteiger partial charge on any atom is 0.122 e. The van der Waals surface area contributed by atoms with Crippen LogP contribution >= 0.6 is 0 Å². The summed E-state index contributed by atoms with van der Waals surface area (Å²) in [6.07, 6.45) is 1.03. The Morgan fingerprint density at radius 3 is 2.18 bits per heavy atom. The maximum atomic E-state index is 5.89. The number of benzene rings is 1. The molecule has 0 saturated heterocycles. The summed E-state index contributed by atoms with van der Waals surface area (Å²) in [5.74, 6) is 2.75. The Kier molecular flexibility index (Phi) is 7.91. The van der Waals surface area contributed by atoms with Crippen molar-refractivity contribution in [3.8, 4) is 5.75 Å². The lowest BCUT2D eigenvalue weighted by Crippen LogP contribution is -2.31. The molecule has 1 aromatic rings. The molecule has 0 aliphatic heterocycles. The van der Waals surface area contributed by atoms with Crippen LogP contribution in [0.15, 0.2) is 18.2 Å². The van der Waals surface area contributed by atoms with Crippen molar-refractivity contribution in [1.82, 2.24) is 0 Å². The van der Waals surface area contributed by atoms with E-state index in [2.05, 4.69) is 52.8 Å². The first-order valence-electron chi connectivity index (χ1n) is 8.62. The molecule has 0 aliphatic carbocycles. The Bertz CT molecular complexity index is 441. The molecule has 0 saturated carbocycles. The molecular weight excluding hydrogens is 272 g/mol. The van der Waals surface area contributed by atoms with Crippen LogP contribution < -0.4 is 16.2 Å². The topological polar surface area (TPSA) is 61.3 Å². The summed E-state index contributed by atoms with van der Waals surface area (Å²) in [4.78, 5) is 0. The van der Waals surface area contributed by atoms with E-state index < -0.39 is 0 Å². The van der Waals surface area contributed by atoms with Gasteiger partial charge in [0, 0.05) is 0 Å². The fraction of sp³-hybridized carbons (Fsp3) is 0.684. The highest BCUT2D eigenvalue weighted by molar-refractivity contribution is 5.40. The van der Waals surface area contributed by atoms with Crippen LogP contribution in [0.1, 0.15) is 64.0 Å². The smallest absolute Gasteiger partial charge is 0.122 e. The van der Waals surface area contributed by atoms with Crippen molar-refractivity contribution in [3.63, 3.8) is 0 Å². The third-order valence-corrected chi connectivity index (χ3v) is 4.78. The lowest BCUT2D eigenvalue weighted by molar-refractivity contribution is 0.311. The van der Waals surface area contributed by atoms with Gasteiger partial charge in [0.1, 0.15) is 5.75 Å². The van der Waals surface area contributed by atoms with Crippen LogP contribution in [-0.2, 0) is 0 Å². The van der Waals surface area contributed by atoms with Gasteiger partial charge in [0.25, 0.3) is 0 Å². The Labute approximate surface area is 136 Å². The van der Waals surface area contributed by atoms with Crippen molar-refractivity contribution in [3.05, 3.63) is 29.3 Å². The molecule has 126 valence electrons. The minimum Gasteiger partial charge on any atom is -0.493 e. The lowest BCUT2D eigenvalue weighted by Gasteiger charge is -2.28. The lowest BCUT2D eigenvalue weighted by atomic mass is 9.79. The molecule has 0 radical (unpaired) electrons. The van der Waals surface area contributed by atoms with Gasteiger partial charge in [-0.05, 0) is 60.4 Å². The predicted molar refractivity (Wildman–Crippen MR) is 95.5 cm³/mol. The van der Waals surface area contributed by atoms with Gasteiger partial charge in [0.05, 0.1) is 6.61 Å². The zero-order valence-electron chi connectivity index (χ0n) is 14.9. The molecule has 22 heavy (non-hydrogen) atoms. The molecule has 0 amide bonds. The van der Waals surface area contributed by atoms with Gasteiger partial charge in [-0.2, -0.15) is 0 Å². The predicted octanol–water partition coefficient (Wildman–Crippen LogP) is 3.87. The van der Waals surface area contributed by atoms with E-state index in [1.807, 2.05) is 0 Å². The Hall–Kier alpha value is -1.06. The van der Waals surface area contributed by atoms with E-state index in [9.17, 15) is 0 Å². The van der Waals surface area contributed by atoms with Crippen LogP contribution in [0, 0.1) is 11.8 Å². The molecule has 3 heteroatoms. The van der Waals surface area contributed by atoms with Crippen LogP contribution in [0.2, 0.25) is 0 Å². The second-order valence-electron chi connectivity index (χ2n) is 6.68. The van der Waals surface area contributed by atoms with Gasteiger partial charge in [-0.25, -0.2) is 0 Å². The molecule has 0 bridgehead atoms. The first-order chi connectivity index (χ1) is 10.5. The van der Waals surface area contributed by atoms with Crippen LogP contribution in [0.25, 0.3) is 0 Å². The molecule has 1 aromatic carbocycles. The van der Waals surface area contributed by atoms with Crippen molar-refractivity contribution in [2.75, 3.05) is 19.7 Å². The Balaban J connectivity index is 3.02. The van der Waals surface area contributed by atoms with E-state index in [1.54, 1.807) is 0 Å². The summed E-state index contributed by atoms with van der Waals surface area (Å²) in [5, 5.41) is 0. The highest BCUT2D eigenvalue weighted by atomic mass is 16.5. The van der Waals surface area contributed by atoms with E-state index in [-0.39, 0.29) is 0 Å². The molecule has 0 heterocycles. The van der Waals surface area contributed by atoms with Crippen molar-refractivity contribution in [1.29, 1.82) is 0 Å². The van der Waals surface area contributed by atoms with Gasteiger partial charge in [0.15, 0.2) is 0 Å². The number of ether oxygens (including phenoxy) is 1. The fourth-order valence-electron chi connectivity index (χ4n) is 2.88.